The van der Waals surface area contributed by atoms with Gasteiger partial charge in [0.2, 0.25) is 0 Å². The van der Waals surface area contributed by atoms with Gasteiger partial charge < -0.3 is 15.6 Å². The van der Waals surface area contributed by atoms with Crippen molar-refractivity contribution < 1.29 is 9.84 Å². The van der Waals surface area contributed by atoms with Crippen LogP contribution in [0.5, 0.6) is 0 Å². The molecular formula is C18H39NO2. The van der Waals surface area contributed by atoms with Crippen molar-refractivity contribution in [3.8, 4) is 0 Å². The maximum atomic E-state index is 10.5. The molecule has 0 amide bonds. The average molecular weight is 302 g/mol. The molecule has 3 heteroatoms. The van der Waals surface area contributed by atoms with Crippen molar-refractivity contribution in [1.29, 1.82) is 0 Å². The van der Waals surface area contributed by atoms with Gasteiger partial charge in [-0.05, 0) is 25.8 Å². The van der Waals surface area contributed by atoms with E-state index in [1.54, 1.807) is 7.11 Å². The van der Waals surface area contributed by atoms with Gasteiger partial charge in [0.15, 0.2) is 0 Å². The molecule has 3 N–H and O–H groups in total. The van der Waals surface area contributed by atoms with E-state index in [0.29, 0.717) is 13.2 Å². The zero-order valence-electron chi connectivity index (χ0n) is 14.5. The van der Waals surface area contributed by atoms with Crippen LogP contribution in [0.15, 0.2) is 0 Å². The first kappa shape index (κ1) is 20.9. The summed E-state index contributed by atoms with van der Waals surface area (Å²) in [6.07, 6.45) is 15.7. The molecule has 0 saturated heterocycles. The first-order valence-electron chi connectivity index (χ1n) is 9.10. The van der Waals surface area contributed by atoms with Crippen LogP contribution in [-0.4, -0.2) is 31.0 Å². The first-order chi connectivity index (χ1) is 10.2. The van der Waals surface area contributed by atoms with Crippen molar-refractivity contribution in [2.45, 2.75) is 96.0 Å². The van der Waals surface area contributed by atoms with Gasteiger partial charge in [-0.25, -0.2) is 0 Å². The lowest BCUT2D eigenvalue weighted by Crippen LogP contribution is -2.34. The first-order valence-corrected chi connectivity index (χ1v) is 9.10. The van der Waals surface area contributed by atoms with Crippen LogP contribution < -0.4 is 5.73 Å². The van der Waals surface area contributed by atoms with Crippen molar-refractivity contribution >= 4 is 0 Å². The Morgan fingerprint density at radius 1 is 0.810 bits per heavy atom. The topological polar surface area (TPSA) is 55.5 Å². The molecule has 0 aliphatic rings. The third-order valence-electron chi connectivity index (χ3n) is 4.25. The number of hydrogen-bond acceptors (Lipinski definition) is 3. The Balaban J connectivity index is 3.49. The predicted molar refractivity (Wildman–Crippen MR) is 91.6 cm³/mol. The fourth-order valence-electron chi connectivity index (χ4n) is 2.91. The van der Waals surface area contributed by atoms with E-state index >= 15 is 0 Å². The van der Waals surface area contributed by atoms with Gasteiger partial charge in [0.05, 0.1) is 12.2 Å². The minimum atomic E-state index is -0.658. The van der Waals surface area contributed by atoms with Crippen molar-refractivity contribution in [3.63, 3.8) is 0 Å². The summed E-state index contributed by atoms with van der Waals surface area (Å²) in [5.41, 5.74) is 4.87. The van der Waals surface area contributed by atoms with Crippen LogP contribution in [0.2, 0.25) is 0 Å². The number of nitrogens with two attached hydrogens (primary N) is 1. The molecule has 0 saturated carbocycles. The number of rotatable bonds is 16. The van der Waals surface area contributed by atoms with Gasteiger partial charge >= 0.3 is 0 Å². The highest BCUT2D eigenvalue weighted by Gasteiger charge is 2.25. The highest BCUT2D eigenvalue weighted by molar-refractivity contribution is 4.78. The number of unbranched alkanes of at least 4 members (excludes halogenated alkanes) is 9. The molecule has 0 aromatic rings. The van der Waals surface area contributed by atoms with E-state index in [9.17, 15) is 5.11 Å². The molecule has 1 unspecified atom stereocenters. The summed E-state index contributed by atoms with van der Waals surface area (Å²) in [4.78, 5) is 0. The van der Waals surface area contributed by atoms with Gasteiger partial charge in [-0.3, -0.25) is 0 Å². The Hall–Kier alpha value is -0.120. The van der Waals surface area contributed by atoms with Crippen LogP contribution in [0.4, 0.5) is 0 Å². The Morgan fingerprint density at radius 2 is 1.29 bits per heavy atom. The monoisotopic (exact) mass is 301 g/mol. The molecule has 0 aliphatic carbocycles. The van der Waals surface area contributed by atoms with E-state index in [2.05, 4.69) is 6.92 Å². The Morgan fingerprint density at radius 3 is 1.76 bits per heavy atom. The number of hydrogen-bond donors (Lipinski definition) is 2. The molecule has 0 bridgehead atoms. The third-order valence-corrected chi connectivity index (χ3v) is 4.25. The van der Waals surface area contributed by atoms with Crippen molar-refractivity contribution in [1.82, 2.24) is 0 Å². The summed E-state index contributed by atoms with van der Waals surface area (Å²) in [6, 6.07) is 0. The molecule has 0 aromatic heterocycles. The van der Waals surface area contributed by atoms with Crippen molar-refractivity contribution in [2.24, 2.45) is 5.73 Å². The summed E-state index contributed by atoms with van der Waals surface area (Å²) in [7, 11) is 1.66. The molecular weight excluding hydrogens is 262 g/mol. The minimum Gasteiger partial charge on any atom is -0.387 e. The molecule has 0 aliphatic heterocycles. The van der Waals surface area contributed by atoms with Crippen molar-refractivity contribution in [2.75, 3.05) is 20.3 Å². The standard InChI is InChI=1S/C18H39NO2/c1-3-4-5-6-7-8-9-10-11-12-14-18(20,17-21-2)15-13-16-19/h20H,3-17,19H2,1-2H3. The molecule has 0 fully saturated rings. The van der Waals surface area contributed by atoms with Gasteiger partial charge in [-0.2, -0.15) is 0 Å². The highest BCUT2D eigenvalue weighted by Crippen LogP contribution is 2.22. The fourth-order valence-corrected chi connectivity index (χ4v) is 2.91. The molecule has 1 atom stereocenters. The summed E-state index contributed by atoms with van der Waals surface area (Å²) in [6.45, 7) is 3.34. The van der Waals surface area contributed by atoms with Gasteiger partial charge in [-0.15, -0.1) is 0 Å². The summed E-state index contributed by atoms with van der Waals surface area (Å²) < 4.78 is 5.16. The fraction of sp³-hybridized carbons (Fsp3) is 1.00. The predicted octanol–water partition coefficient (Wildman–Crippen LogP) is 4.41. The van der Waals surface area contributed by atoms with Gasteiger partial charge in [0.1, 0.15) is 0 Å². The van der Waals surface area contributed by atoms with Crippen LogP contribution in [-0.2, 0) is 4.74 Å². The largest absolute Gasteiger partial charge is 0.387 e. The Bertz CT molecular complexity index is 211. The molecule has 0 rings (SSSR count). The summed E-state index contributed by atoms with van der Waals surface area (Å²) in [5, 5.41) is 10.5. The molecule has 21 heavy (non-hydrogen) atoms. The van der Waals surface area contributed by atoms with Crippen LogP contribution in [0.3, 0.4) is 0 Å². The van der Waals surface area contributed by atoms with Crippen LogP contribution in [0.1, 0.15) is 90.4 Å². The molecule has 0 radical (unpaired) electrons. The van der Waals surface area contributed by atoms with E-state index in [4.69, 9.17) is 10.5 Å². The van der Waals surface area contributed by atoms with Crippen LogP contribution in [0.25, 0.3) is 0 Å². The lowest BCUT2D eigenvalue weighted by Gasteiger charge is -2.27. The SMILES string of the molecule is CCCCCCCCCCCCC(O)(CCCN)COC. The van der Waals surface area contributed by atoms with Crippen molar-refractivity contribution in [3.05, 3.63) is 0 Å². The summed E-state index contributed by atoms with van der Waals surface area (Å²) >= 11 is 0. The molecule has 0 aromatic carbocycles. The second kappa shape index (κ2) is 14.8. The smallest absolute Gasteiger partial charge is 0.0880 e. The molecule has 0 spiro atoms. The van der Waals surface area contributed by atoms with Gasteiger partial charge in [0, 0.05) is 7.11 Å². The highest BCUT2D eigenvalue weighted by atomic mass is 16.5. The van der Waals surface area contributed by atoms with E-state index in [1.165, 1.54) is 57.8 Å². The maximum absolute atomic E-state index is 10.5. The van der Waals surface area contributed by atoms with Crippen LogP contribution in [0, 0.1) is 0 Å². The van der Waals surface area contributed by atoms with E-state index in [-0.39, 0.29) is 0 Å². The number of ether oxygens (including phenoxy) is 1. The Labute approximate surface area is 132 Å². The lowest BCUT2D eigenvalue weighted by molar-refractivity contribution is -0.0454. The Kier molecular flexibility index (Phi) is 14.7. The second-order valence-electron chi connectivity index (χ2n) is 6.48. The number of methoxy groups -OCH3 is 1. The lowest BCUT2D eigenvalue weighted by atomic mass is 9.91. The van der Waals surface area contributed by atoms with E-state index in [0.717, 1.165) is 25.7 Å². The zero-order chi connectivity index (χ0) is 15.8. The normalized spacial score (nSPS) is 14.3. The number of aliphatic hydroxyl groups is 1. The minimum absolute atomic E-state index is 0.435. The van der Waals surface area contributed by atoms with Gasteiger partial charge in [0.25, 0.3) is 0 Å². The molecule has 3 nitrogen and oxygen atoms in total. The molecule has 0 heterocycles. The van der Waals surface area contributed by atoms with Gasteiger partial charge in [-0.1, -0.05) is 71.1 Å². The third kappa shape index (κ3) is 13.3. The average Bonchev–Trinajstić information content (AvgIpc) is 2.47. The van der Waals surface area contributed by atoms with E-state index in [1.807, 2.05) is 0 Å². The summed E-state index contributed by atoms with van der Waals surface area (Å²) in [5.74, 6) is 0. The molecule has 128 valence electrons. The van der Waals surface area contributed by atoms with E-state index < -0.39 is 5.60 Å². The quantitative estimate of drug-likeness (QED) is 0.415. The van der Waals surface area contributed by atoms with Crippen LogP contribution >= 0.6 is 0 Å². The maximum Gasteiger partial charge on any atom is 0.0880 e. The zero-order valence-corrected chi connectivity index (χ0v) is 14.5. The second-order valence-corrected chi connectivity index (χ2v) is 6.48.